The van der Waals surface area contributed by atoms with Gasteiger partial charge in [-0.2, -0.15) is 5.10 Å². The van der Waals surface area contributed by atoms with Crippen molar-refractivity contribution >= 4 is 17.7 Å². The number of carbonyl (C=O) groups excluding carboxylic acids is 3. The highest BCUT2D eigenvalue weighted by atomic mass is 16.5. The minimum absolute atomic E-state index is 0.131. The molecule has 1 aromatic carbocycles. The average molecular weight is 512 g/mol. The monoisotopic (exact) mass is 511 g/mol. The molecule has 2 aromatic rings. The first-order chi connectivity index (χ1) is 17.8. The number of fused-ring (bicyclic) bond motifs is 1. The third-order valence-corrected chi connectivity index (χ3v) is 7.38. The molecular formula is C27H37N5O5. The van der Waals surface area contributed by atoms with Gasteiger partial charge >= 0.3 is 0 Å². The van der Waals surface area contributed by atoms with Crippen molar-refractivity contribution in [3.63, 3.8) is 0 Å². The standard InChI is InChI=1S/C27H37N5O5/c1-5-6-13-31-25(34)22-15-21(24(33)28-16-18-11-12-20(36-3)14-23(18)37-4)30-32(22)17-27(31,2)26(35)29-19-9-7-8-10-19/h11-12,14-15,19H,5-10,13,16-17H2,1-4H3,(H,28,33)(H,29,35)/t27-/m1/s1. The minimum atomic E-state index is -1.09. The van der Waals surface area contributed by atoms with Gasteiger partial charge in [-0.15, -0.1) is 0 Å². The van der Waals surface area contributed by atoms with Crippen molar-refractivity contribution < 1.29 is 23.9 Å². The lowest BCUT2D eigenvalue weighted by Crippen LogP contribution is -2.65. The normalized spacial score (nSPS) is 19.5. The first-order valence-corrected chi connectivity index (χ1v) is 13.0. The topological polar surface area (TPSA) is 115 Å². The van der Waals surface area contributed by atoms with E-state index in [4.69, 9.17) is 9.47 Å². The summed E-state index contributed by atoms with van der Waals surface area (Å²) in [5.74, 6) is 0.383. The molecule has 37 heavy (non-hydrogen) atoms. The molecule has 4 rings (SSSR count). The number of unbranched alkanes of at least 4 members (excludes halogenated alkanes) is 1. The van der Waals surface area contributed by atoms with Crippen LogP contribution in [-0.4, -0.2) is 64.7 Å². The third-order valence-electron chi connectivity index (χ3n) is 7.38. The van der Waals surface area contributed by atoms with Crippen molar-refractivity contribution in [1.82, 2.24) is 25.3 Å². The van der Waals surface area contributed by atoms with E-state index in [1.807, 2.05) is 6.07 Å². The van der Waals surface area contributed by atoms with Crippen LogP contribution in [0.4, 0.5) is 0 Å². The van der Waals surface area contributed by atoms with Gasteiger partial charge in [0.1, 0.15) is 22.7 Å². The van der Waals surface area contributed by atoms with E-state index in [1.165, 1.54) is 10.7 Å². The summed E-state index contributed by atoms with van der Waals surface area (Å²) >= 11 is 0. The Kier molecular flexibility index (Phi) is 8.04. The van der Waals surface area contributed by atoms with Crippen LogP contribution in [0.15, 0.2) is 24.3 Å². The predicted octanol–water partition coefficient (Wildman–Crippen LogP) is 2.90. The zero-order valence-corrected chi connectivity index (χ0v) is 22.1. The van der Waals surface area contributed by atoms with E-state index in [1.54, 1.807) is 38.2 Å². The number of nitrogens with one attached hydrogen (secondary N) is 2. The largest absolute Gasteiger partial charge is 0.497 e. The van der Waals surface area contributed by atoms with Gasteiger partial charge in [0.15, 0.2) is 5.69 Å². The van der Waals surface area contributed by atoms with Gasteiger partial charge in [-0.05, 0) is 38.3 Å². The Bertz CT molecular complexity index is 1160. The molecule has 0 spiro atoms. The van der Waals surface area contributed by atoms with Gasteiger partial charge in [0.05, 0.1) is 20.8 Å². The van der Waals surface area contributed by atoms with Gasteiger partial charge < -0.3 is 25.0 Å². The fraction of sp³-hybridized carbons (Fsp3) is 0.556. The van der Waals surface area contributed by atoms with Gasteiger partial charge in [0.25, 0.3) is 11.8 Å². The molecule has 10 nitrogen and oxygen atoms in total. The molecule has 1 saturated carbocycles. The number of methoxy groups -OCH3 is 2. The molecule has 1 aliphatic carbocycles. The molecule has 0 bridgehead atoms. The lowest BCUT2D eigenvalue weighted by Gasteiger charge is -2.43. The van der Waals surface area contributed by atoms with Gasteiger partial charge in [-0.1, -0.05) is 26.2 Å². The number of carbonyl (C=O) groups is 3. The van der Waals surface area contributed by atoms with Crippen molar-refractivity contribution in [2.45, 2.75) is 77.0 Å². The molecule has 1 atom stereocenters. The molecule has 2 aliphatic rings. The van der Waals surface area contributed by atoms with E-state index >= 15 is 0 Å². The molecule has 0 radical (unpaired) electrons. The number of ether oxygens (including phenoxy) is 2. The van der Waals surface area contributed by atoms with E-state index in [0.717, 1.165) is 44.1 Å². The molecule has 1 aliphatic heterocycles. The zero-order chi connectivity index (χ0) is 26.6. The Hall–Kier alpha value is -3.56. The van der Waals surface area contributed by atoms with Crippen molar-refractivity contribution in [2.24, 2.45) is 0 Å². The third kappa shape index (κ3) is 5.42. The molecular weight excluding hydrogens is 474 g/mol. The van der Waals surface area contributed by atoms with E-state index in [2.05, 4.69) is 22.7 Å². The summed E-state index contributed by atoms with van der Waals surface area (Å²) in [7, 11) is 3.13. The SMILES string of the molecule is CCCCN1C(=O)c2cc(C(=O)NCc3ccc(OC)cc3OC)nn2C[C@]1(C)C(=O)NC1CCCC1. The number of nitrogens with zero attached hydrogens (tertiary/aromatic N) is 3. The highest BCUT2D eigenvalue weighted by Gasteiger charge is 2.48. The Morgan fingerprint density at radius 3 is 2.59 bits per heavy atom. The number of benzene rings is 1. The lowest BCUT2D eigenvalue weighted by atomic mass is 9.94. The molecule has 2 heterocycles. The van der Waals surface area contributed by atoms with Crippen LogP contribution in [0.1, 0.15) is 78.9 Å². The second-order valence-electron chi connectivity index (χ2n) is 9.97. The maximum absolute atomic E-state index is 13.6. The van der Waals surface area contributed by atoms with Crippen molar-refractivity contribution in [1.29, 1.82) is 0 Å². The summed E-state index contributed by atoms with van der Waals surface area (Å²) in [6.45, 7) is 4.72. The van der Waals surface area contributed by atoms with Gasteiger partial charge in [0.2, 0.25) is 5.91 Å². The summed E-state index contributed by atoms with van der Waals surface area (Å²) in [4.78, 5) is 41.7. The average Bonchev–Trinajstić information content (AvgIpc) is 3.57. The zero-order valence-electron chi connectivity index (χ0n) is 22.1. The van der Waals surface area contributed by atoms with Crippen molar-refractivity contribution in [3.8, 4) is 11.5 Å². The molecule has 0 saturated heterocycles. The minimum Gasteiger partial charge on any atom is -0.497 e. The summed E-state index contributed by atoms with van der Waals surface area (Å²) in [5.41, 5.74) is 0.137. The quantitative estimate of drug-likeness (QED) is 0.507. The number of hydrogen-bond acceptors (Lipinski definition) is 6. The van der Waals surface area contributed by atoms with Gasteiger partial charge in [-0.3, -0.25) is 19.1 Å². The molecule has 0 unspecified atom stereocenters. The van der Waals surface area contributed by atoms with E-state index in [0.29, 0.717) is 23.7 Å². The van der Waals surface area contributed by atoms with Crippen LogP contribution in [0, 0.1) is 0 Å². The maximum atomic E-state index is 13.6. The van der Waals surface area contributed by atoms with Crippen LogP contribution in [-0.2, 0) is 17.9 Å². The second-order valence-corrected chi connectivity index (χ2v) is 9.97. The van der Waals surface area contributed by atoms with Crippen molar-refractivity contribution in [2.75, 3.05) is 20.8 Å². The second kappa shape index (κ2) is 11.2. The van der Waals surface area contributed by atoms with Crippen LogP contribution in [0.2, 0.25) is 0 Å². The molecule has 3 amide bonds. The Morgan fingerprint density at radius 2 is 1.92 bits per heavy atom. The number of aromatic nitrogens is 2. The highest BCUT2D eigenvalue weighted by Crippen LogP contribution is 2.29. The van der Waals surface area contributed by atoms with E-state index in [9.17, 15) is 14.4 Å². The van der Waals surface area contributed by atoms with Crippen LogP contribution in [0.3, 0.4) is 0 Å². The molecule has 1 aromatic heterocycles. The first kappa shape index (κ1) is 26.5. The summed E-state index contributed by atoms with van der Waals surface area (Å²) < 4.78 is 12.1. The van der Waals surface area contributed by atoms with Gasteiger partial charge in [-0.25, -0.2) is 0 Å². The Balaban J connectivity index is 1.53. The number of rotatable bonds is 10. The van der Waals surface area contributed by atoms with Crippen molar-refractivity contribution in [3.05, 3.63) is 41.2 Å². The molecule has 200 valence electrons. The Labute approximate surface area is 217 Å². The number of hydrogen-bond donors (Lipinski definition) is 2. The summed E-state index contributed by atoms with van der Waals surface area (Å²) in [6.07, 6.45) is 5.80. The van der Waals surface area contributed by atoms with Crippen LogP contribution in [0.25, 0.3) is 0 Å². The maximum Gasteiger partial charge on any atom is 0.273 e. The van der Waals surface area contributed by atoms with Crippen LogP contribution in [0.5, 0.6) is 11.5 Å². The molecule has 10 heteroatoms. The highest BCUT2D eigenvalue weighted by molar-refractivity contribution is 6.02. The van der Waals surface area contributed by atoms with E-state index < -0.39 is 11.4 Å². The fourth-order valence-electron chi connectivity index (χ4n) is 5.09. The molecule has 1 fully saturated rings. The van der Waals surface area contributed by atoms with Crippen LogP contribution >= 0.6 is 0 Å². The van der Waals surface area contributed by atoms with Crippen LogP contribution < -0.4 is 20.1 Å². The fourth-order valence-corrected chi connectivity index (χ4v) is 5.09. The summed E-state index contributed by atoms with van der Waals surface area (Å²) in [6, 6.07) is 7.01. The number of amides is 3. The molecule has 2 N–H and O–H groups in total. The van der Waals surface area contributed by atoms with E-state index in [-0.39, 0.29) is 36.6 Å². The predicted molar refractivity (Wildman–Crippen MR) is 138 cm³/mol. The smallest absolute Gasteiger partial charge is 0.273 e. The Morgan fingerprint density at radius 1 is 1.16 bits per heavy atom. The summed E-state index contributed by atoms with van der Waals surface area (Å²) in [5, 5.41) is 10.4. The van der Waals surface area contributed by atoms with Gasteiger partial charge in [0, 0.05) is 36.8 Å². The first-order valence-electron chi connectivity index (χ1n) is 13.0. The lowest BCUT2D eigenvalue weighted by molar-refractivity contribution is -0.133.